The van der Waals surface area contributed by atoms with Gasteiger partial charge in [-0.15, -0.1) is 0 Å². The average Bonchev–Trinajstić information content (AvgIpc) is 3.09. The van der Waals surface area contributed by atoms with Gasteiger partial charge in [-0.2, -0.15) is 0 Å². The summed E-state index contributed by atoms with van der Waals surface area (Å²) in [7, 11) is 1.35. The van der Waals surface area contributed by atoms with Gasteiger partial charge in [0.25, 0.3) is 0 Å². The van der Waals surface area contributed by atoms with Crippen molar-refractivity contribution in [2.24, 2.45) is 5.92 Å². The number of ether oxygens (including phenoxy) is 1. The first-order valence-corrected chi connectivity index (χ1v) is 11.5. The molecule has 2 aromatic carbocycles. The smallest absolute Gasteiger partial charge is 0.330 e. The van der Waals surface area contributed by atoms with Crippen molar-refractivity contribution in [1.29, 1.82) is 0 Å². The Labute approximate surface area is 186 Å². The molecule has 8 rings (SSSR count). The van der Waals surface area contributed by atoms with E-state index in [2.05, 4.69) is 47.1 Å². The monoisotopic (exact) mass is 428 g/mol. The third kappa shape index (κ3) is 2.13. The molecule has 1 aromatic heterocycles. The largest absolute Gasteiger partial charge is 0.466 e. The van der Waals surface area contributed by atoms with E-state index in [0.29, 0.717) is 17.9 Å². The summed E-state index contributed by atoms with van der Waals surface area (Å²) in [4.78, 5) is 17.9. The molecule has 3 saturated carbocycles. The van der Waals surface area contributed by atoms with Gasteiger partial charge in [0.1, 0.15) is 5.82 Å². The second-order valence-electron chi connectivity index (χ2n) is 10.0. The van der Waals surface area contributed by atoms with E-state index in [9.17, 15) is 4.79 Å². The fourth-order valence-corrected chi connectivity index (χ4v) is 7.35. The number of methoxy groups -OCH3 is 1. The van der Waals surface area contributed by atoms with E-state index in [1.807, 2.05) is 0 Å². The quantitative estimate of drug-likeness (QED) is 0.457. The van der Waals surface area contributed by atoms with Crippen LogP contribution in [0.1, 0.15) is 59.7 Å². The molecule has 5 heteroatoms. The number of fused-ring (bicyclic) bond motifs is 7. The van der Waals surface area contributed by atoms with Crippen molar-refractivity contribution in [3.63, 3.8) is 0 Å². The van der Waals surface area contributed by atoms with Crippen LogP contribution in [0, 0.1) is 11.7 Å². The Bertz CT molecular complexity index is 1330. The van der Waals surface area contributed by atoms with Gasteiger partial charge < -0.3 is 9.72 Å². The van der Waals surface area contributed by atoms with Crippen molar-refractivity contribution in [2.75, 3.05) is 7.11 Å². The van der Waals surface area contributed by atoms with Gasteiger partial charge in [-0.05, 0) is 67.0 Å². The maximum atomic E-state index is 15.9. The zero-order valence-electron chi connectivity index (χ0n) is 18.2. The van der Waals surface area contributed by atoms with Crippen molar-refractivity contribution in [2.45, 2.75) is 49.7 Å². The van der Waals surface area contributed by atoms with Crippen molar-refractivity contribution in [3.8, 4) is 0 Å². The summed E-state index contributed by atoms with van der Waals surface area (Å²) in [5.74, 6) is 0.427. The Morgan fingerprint density at radius 3 is 2.84 bits per heavy atom. The number of nitrogens with zero attached hydrogens (tertiary/aromatic N) is 1. The number of aromatic nitrogens is 1. The van der Waals surface area contributed by atoms with Crippen molar-refractivity contribution < 1.29 is 13.9 Å². The average molecular weight is 429 g/mol. The SMILES string of the molecule is COC(=O)/C=C/c1cc(F)c2c(c1)C1C3CC1(C3)N1[C@H]2c2[nH]c3ccccc3c2C[C@H]1C. The molecule has 0 saturated heterocycles. The van der Waals surface area contributed by atoms with Crippen LogP contribution >= 0.6 is 0 Å². The summed E-state index contributed by atoms with van der Waals surface area (Å²) in [5, 5.41) is 1.26. The van der Waals surface area contributed by atoms with Crippen LogP contribution in [0.5, 0.6) is 0 Å². The predicted molar refractivity (Wildman–Crippen MR) is 121 cm³/mol. The molecule has 3 heterocycles. The lowest BCUT2D eigenvalue weighted by Crippen LogP contribution is -2.78. The number of para-hydroxylation sites is 1. The molecule has 5 aliphatic rings. The van der Waals surface area contributed by atoms with E-state index in [1.54, 1.807) is 12.1 Å². The molecular formula is C27H25FN2O2. The van der Waals surface area contributed by atoms with Gasteiger partial charge in [0.2, 0.25) is 0 Å². The van der Waals surface area contributed by atoms with Gasteiger partial charge in [-0.3, -0.25) is 4.90 Å². The van der Waals surface area contributed by atoms with Gasteiger partial charge >= 0.3 is 5.97 Å². The minimum atomic E-state index is -0.430. The molecule has 2 bridgehead atoms. The molecule has 3 fully saturated rings. The van der Waals surface area contributed by atoms with Crippen molar-refractivity contribution in [1.82, 2.24) is 9.88 Å². The molecule has 2 aliphatic heterocycles. The molecule has 4 nitrogen and oxygen atoms in total. The number of H-pyrrole nitrogens is 1. The van der Waals surface area contributed by atoms with E-state index in [-0.39, 0.29) is 17.4 Å². The molecule has 32 heavy (non-hydrogen) atoms. The van der Waals surface area contributed by atoms with Gasteiger partial charge in [0.05, 0.1) is 13.2 Å². The molecule has 3 atom stereocenters. The van der Waals surface area contributed by atoms with Crippen molar-refractivity contribution >= 4 is 22.9 Å². The first kappa shape index (κ1) is 18.6. The molecule has 162 valence electrons. The number of benzene rings is 2. The van der Waals surface area contributed by atoms with Crippen LogP contribution in [0.25, 0.3) is 17.0 Å². The standard InChI is InChI=1S/C27H25FN2O2/c1-14-9-18-17-5-3-4-6-21(17)29-25(18)26-23-19(24-16-12-27(24,13-16)30(14)26)10-15(11-20(23)28)7-8-22(31)32-2/h3-8,10-11,14,16,24,26,29H,9,12-13H2,1-2H3/b8-7+/t14-,16?,24?,26-,27?/m1/s1. The van der Waals surface area contributed by atoms with Crippen LogP contribution in [-0.2, 0) is 16.0 Å². The van der Waals surface area contributed by atoms with Gasteiger partial charge in [-0.1, -0.05) is 24.3 Å². The minimum Gasteiger partial charge on any atom is -0.466 e. The summed E-state index contributed by atoms with van der Waals surface area (Å²) in [6.07, 6.45) is 6.43. The Hall–Kier alpha value is -2.92. The van der Waals surface area contributed by atoms with E-state index < -0.39 is 5.97 Å². The molecule has 1 unspecified atom stereocenters. The Morgan fingerprint density at radius 2 is 2.09 bits per heavy atom. The Kier molecular flexibility index (Phi) is 3.55. The number of hydrogen-bond donors (Lipinski definition) is 1. The highest BCUT2D eigenvalue weighted by atomic mass is 19.1. The molecule has 1 N–H and O–H groups in total. The number of rotatable bonds is 2. The number of hydrogen-bond acceptors (Lipinski definition) is 3. The Balaban J connectivity index is 1.45. The normalized spacial score (nSPS) is 31.8. The van der Waals surface area contributed by atoms with E-state index >= 15 is 4.39 Å². The highest BCUT2D eigenvalue weighted by Crippen LogP contribution is 2.75. The van der Waals surface area contributed by atoms with E-state index in [4.69, 9.17) is 4.74 Å². The number of esters is 1. The fourth-order valence-electron chi connectivity index (χ4n) is 7.35. The van der Waals surface area contributed by atoms with E-state index in [1.165, 1.54) is 37.0 Å². The maximum Gasteiger partial charge on any atom is 0.330 e. The summed E-state index contributed by atoms with van der Waals surface area (Å²) in [6, 6.07) is 12.4. The number of aromatic amines is 1. The van der Waals surface area contributed by atoms with Crippen LogP contribution in [-0.4, -0.2) is 34.5 Å². The van der Waals surface area contributed by atoms with Crippen molar-refractivity contribution in [3.05, 3.63) is 76.2 Å². The second-order valence-corrected chi connectivity index (χ2v) is 10.0. The van der Waals surface area contributed by atoms with Gasteiger partial charge in [0, 0.05) is 45.7 Å². The zero-order valence-corrected chi connectivity index (χ0v) is 18.2. The molecule has 0 radical (unpaired) electrons. The maximum absolute atomic E-state index is 15.9. The first-order chi connectivity index (χ1) is 15.5. The number of nitrogens with one attached hydrogen (secondary N) is 1. The van der Waals surface area contributed by atoms with Crippen LogP contribution in [0.2, 0.25) is 0 Å². The Morgan fingerprint density at radius 1 is 1.28 bits per heavy atom. The highest BCUT2D eigenvalue weighted by molar-refractivity contribution is 5.87. The van der Waals surface area contributed by atoms with Gasteiger partial charge in [-0.25, -0.2) is 9.18 Å². The second kappa shape index (κ2) is 6.10. The molecule has 1 spiro atoms. The predicted octanol–water partition coefficient (Wildman–Crippen LogP) is 5.09. The lowest BCUT2D eigenvalue weighted by Gasteiger charge is -2.77. The number of carbonyl (C=O) groups excluding carboxylic acids is 1. The van der Waals surface area contributed by atoms with Gasteiger partial charge in [0.15, 0.2) is 0 Å². The lowest BCUT2D eigenvalue weighted by molar-refractivity contribution is -0.209. The minimum absolute atomic E-state index is 0.0905. The molecule has 3 aromatic rings. The zero-order chi connectivity index (χ0) is 21.8. The first-order valence-electron chi connectivity index (χ1n) is 11.5. The number of carbonyl (C=O) groups is 1. The fraction of sp³-hybridized carbons (Fsp3) is 0.370. The van der Waals surface area contributed by atoms with E-state index in [0.717, 1.165) is 34.3 Å². The van der Waals surface area contributed by atoms with Crippen LogP contribution in [0.3, 0.4) is 0 Å². The summed E-state index contributed by atoms with van der Waals surface area (Å²) >= 11 is 0. The van der Waals surface area contributed by atoms with Crippen LogP contribution < -0.4 is 0 Å². The third-order valence-electron chi connectivity index (χ3n) is 8.57. The van der Waals surface area contributed by atoms with Crippen LogP contribution in [0.4, 0.5) is 4.39 Å². The molecular weight excluding hydrogens is 403 g/mol. The summed E-state index contributed by atoms with van der Waals surface area (Å²) < 4.78 is 20.6. The molecule has 3 aliphatic carbocycles. The number of halogens is 1. The highest BCUT2D eigenvalue weighted by Gasteiger charge is 2.73. The lowest BCUT2D eigenvalue weighted by atomic mass is 9.37. The summed E-state index contributed by atoms with van der Waals surface area (Å²) in [6.45, 7) is 2.31. The summed E-state index contributed by atoms with van der Waals surface area (Å²) in [5.41, 5.74) is 6.45. The molecule has 0 amide bonds. The third-order valence-corrected chi connectivity index (χ3v) is 8.57. The van der Waals surface area contributed by atoms with Crippen LogP contribution in [0.15, 0.2) is 42.5 Å². The topological polar surface area (TPSA) is 45.3 Å².